The van der Waals surface area contributed by atoms with Gasteiger partial charge in [-0.1, -0.05) is 0 Å². The van der Waals surface area contributed by atoms with Gasteiger partial charge in [-0.2, -0.15) is 13.5 Å². The summed E-state index contributed by atoms with van der Waals surface area (Å²) in [4.78, 5) is 12.7. The minimum atomic E-state index is -3.75. The predicted molar refractivity (Wildman–Crippen MR) is 113 cm³/mol. The zero-order chi connectivity index (χ0) is 22.8. The number of benzene rings is 2. The van der Waals surface area contributed by atoms with E-state index in [9.17, 15) is 17.6 Å². The number of anilines is 1. The Morgan fingerprint density at radius 1 is 1.34 bits per heavy atom. The molecule has 1 atom stereocenters. The molecule has 0 unspecified atom stereocenters. The van der Waals surface area contributed by atoms with Crippen LogP contribution in [-0.2, 0) is 14.6 Å². The highest BCUT2D eigenvalue weighted by atomic mass is 32.2. The van der Waals surface area contributed by atoms with Crippen LogP contribution in [0.3, 0.4) is 0 Å². The van der Waals surface area contributed by atoms with Crippen LogP contribution in [-0.4, -0.2) is 40.3 Å². The van der Waals surface area contributed by atoms with E-state index in [0.717, 1.165) is 12.1 Å². The maximum absolute atomic E-state index is 13.5. The Labute approximate surface area is 181 Å². The minimum absolute atomic E-state index is 0. The van der Waals surface area contributed by atoms with Crippen LogP contribution in [0.5, 0.6) is 5.75 Å². The van der Waals surface area contributed by atoms with Gasteiger partial charge in [0.1, 0.15) is 11.6 Å². The fraction of sp³-hybridized carbons (Fsp3) is 0.350. The van der Waals surface area contributed by atoms with Crippen LogP contribution >= 0.6 is 13.5 Å². The van der Waals surface area contributed by atoms with Crippen molar-refractivity contribution < 1.29 is 31.2 Å². The van der Waals surface area contributed by atoms with Crippen molar-refractivity contribution in [3.05, 3.63) is 53.3 Å². The number of aryl methyl sites for hydroxylation is 1. The van der Waals surface area contributed by atoms with E-state index in [2.05, 4.69) is 5.32 Å². The highest BCUT2D eigenvalue weighted by Gasteiger charge is 2.26. The lowest BCUT2D eigenvalue weighted by Gasteiger charge is -2.13. The second-order valence-corrected chi connectivity index (χ2v) is 8.72. The lowest BCUT2D eigenvalue weighted by Crippen LogP contribution is -2.18. The van der Waals surface area contributed by atoms with Crippen LogP contribution in [0.1, 0.15) is 26.5 Å². The average Bonchev–Trinajstić information content (AvgIpc) is 3.16. The van der Waals surface area contributed by atoms with E-state index in [1.165, 1.54) is 31.2 Å². The molecule has 1 fully saturated rings. The number of amides is 1. The Kier molecular flexibility index (Phi) is 6.26. The molecule has 0 spiro atoms. The van der Waals surface area contributed by atoms with Crippen LogP contribution in [0.25, 0.3) is 0 Å². The summed E-state index contributed by atoms with van der Waals surface area (Å²) < 4.78 is 71.2. The fourth-order valence-electron chi connectivity index (χ4n) is 3.01. The van der Waals surface area contributed by atoms with Gasteiger partial charge >= 0.3 is 0 Å². The molecule has 1 heterocycles. The van der Waals surface area contributed by atoms with Gasteiger partial charge in [0.2, 0.25) is 0 Å². The van der Waals surface area contributed by atoms with Gasteiger partial charge in [0.15, 0.2) is 9.84 Å². The zero-order valence-electron chi connectivity index (χ0n) is 18.7. The zero-order valence-corrected chi connectivity index (χ0v) is 17.5. The van der Waals surface area contributed by atoms with E-state index in [0.29, 0.717) is 25.2 Å². The first-order chi connectivity index (χ1) is 14.4. The van der Waals surface area contributed by atoms with Crippen LogP contribution < -0.4 is 10.1 Å². The molecule has 2 aromatic carbocycles. The molecular formula is C20H24FNO5S2. The molecule has 1 N–H and O–H groups in total. The van der Waals surface area contributed by atoms with Crippen molar-refractivity contribution in [1.82, 2.24) is 0 Å². The molecule has 0 aromatic heterocycles. The average molecular weight is 445 g/mol. The van der Waals surface area contributed by atoms with Gasteiger partial charge in [0.25, 0.3) is 5.91 Å². The number of ether oxygens (including phenoxy) is 2. The number of hydrogen-bond donors (Lipinski definition) is 1. The second-order valence-electron chi connectivity index (χ2n) is 6.69. The molecule has 29 heavy (non-hydrogen) atoms. The number of carbonyl (C=O) groups is 1. The van der Waals surface area contributed by atoms with E-state index in [1.807, 2.05) is 0 Å². The SMILES string of the molecule is S.[2H]C([2H])([2H])Oc1ccc(S(=O)(=O)C[C@H]2CCOC2)cc1C(=O)Nc1ccc(F)c(C)c1. The third-order valence-electron chi connectivity index (χ3n) is 4.56. The van der Waals surface area contributed by atoms with E-state index in [-0.39, 0.29) is 47.1 Å². The lowest BCUT2D eigenvalue weighted by molar-refractivity contribution is 0.102. The van der Waals surface area contributed by atoms with Gasteiger partial charge in [0.05, 0.1) is 34.0 Å². The quantitative estimate of drug-likeness (QED) is 0.739. The van der Waals surface area contributed by atoms with Crippen LogP contribution in [0.2, 0.25) is 0 Å². The van der Waals surface area contributed by atoms with E-state index in [1.54, 1.807) is 0 Å². The summed E-state index contributed by atoms with van der Waals surface area (Å²) in [6.45, 7) is 2.36. The third-order valence-corrected chi connectivity index (χ3v) is 6.44. The summed E-state index contributed by atoms with van der Waals surface area (Å²) in [7, 11) is -6.60. The molecular weight excluding hydrogens is 417 g/mol. The van der Waals surface area contributed by atoms with E-state index >= 15 is 0 Å². The van der Waals surface area contributed by atoms with E-state index in [4.69, 9.17) is 13.6 Å². The van der Waals surface area contributed by atoms with Crippen molar-refractivity contribution in [2.24, 2.45) is 5.92 Å². The monoisotopic (exact) mass is 444 g/mol. The first-order valence-electron chi connectivity index (χ1n) is 10.2. The molecule has 2 aromatic rings. The second kappa shape index (κ2) is 9.60. The maximum Gasteiger partial charge on any atom is 0.259 e. The Morgan fingerprint density at radius 2 is 2.14 bits per heavy atom. The summed E-state index contributed by atoms with van der Waals surface area (Å²) in [5, 5.41) is 2.52. The van der Waals surface area contributed by atoms with Crippen LogP contribution in [0.15, 0.2) is 41.3 Å². The molecule has 0 aliphatic carbocycles. The number of nitrogens with one attached hydrogen (secondary N) is 1. The summed E-state index contributed by atoms with van der Waals surface area (Å²) in [6, 6.07) is 7.37. The molecule has 6 nitrogen and oxygen atoms in total. The van der Waals surface area contributed by atoms with Crippen molar-refractivity contribution in [3.63, 3.8) is 0 Å². The summed E-state index contributed by atoms with van der Waals surface area (Å²) in [6.07, 6.45) is 0.622. The van der Waals surface area contributed by atoms with Crippen LogP contribution in [0, 0.1) is 18.7 Å². The Morgan fingerprint density at radius 3 is 2.79 bits per heavy atom. The largest absolute Gasteiger partial charge is 0.496 e. The highest BCUT2D eigenvalue weighted by Crippen LogP contribution is 2.27. The first kappa shape index (κ1) is 18.9. The number of rotatable bonds is 6. The molecule has 1 aliphatic rings. The molecule has 9 heteroatoms. The molecule has 1 amide bonds. The van der Waals surface area contributed by atoms with Crippen molar-refractivity contribution >= 4 is 34.9 Å². The fourth-order valence-corrected chi connectivity index (χ4v) is 4.66. The van der Waals surface area contributed by atoms with Crippen molar-refractivity contribution in [1.29, 1.82) is 0 Å². The van der Waals surface area contributed by atoms with Crippen molar-refractivity contribution in [2.45, 2.75) is 18.2 Å². The summed E-state index contributed by atoms with van der Waals surface area (Å²) in [5.41, 5.74) is 0.300. The van der Waals surface area contributed by atoms with Gasteiger partial charge in [-0.25, -0.2) is 12.8 Å². The molecule has 0 saturated carbocycles. The van der Waals surface area contributed by atoms with Gasteiger partial charge in [-0.05, 0) is 61.2 Å². The molecule has 0 bridgehead atoms. The minimum Gasteiger partial charge on any atom is -0.496 e. The summed E-state index contributed by atoms with van der Waals surface area (Å²) in [5.74, 6) is -1.83. The number of sulfone groups is 1. The molecule has 1 aliphatic heterocycles. The topological polar surface area (TPSA) is 81.7 Å². The maximum atomic E-state index is 13.5. The normalized spacial score (nSPS) is 18.1. The molecule has 1 saturated heterocycles. The number of carbonyl (C=O) groups excluding carboxylic acids is 1. The van der Waals surface area contributed by atoms with Gasteiger partial charge < -0.3 is 14.8 Å². The van der Waals surface area contributed by atoms with Crippen molar-refractivity contribution in [2.75, 3.05) is 31.3 Å². The molecule has 3 rings (SSSR count). The van der Waals surface area contributed by atoms with E-state index < -0.39 is 28.6 Å². The number of hydrogen-bond acceptors (Lipinski definition) is 5. The first-order valence-corrected chi connectivity index (χ1v) is 10.3. The smallest absolute Gasteiger partial charge is 0.259 e. The Bertz CT molecular complexity index is 1090. The Balaban J connectivity index is 0.00000363. The lowest BCUT2D eigenvalue weighted by atomic mass is 10.1. The number of halogens is 1. The van der Waals surface area contributed by atoms with Crippen molar-refractivity contribution in [3.8, 4) is 5.75 Å². The Hall–Kier alpha value is -2.10. The highest BCUT2D eigenvalue weighted by molar-refractivity contribution is 7.91. The van der Waals surface area contributed by atoms with Gasteiger partial charge in [-0.15, -0.1) is 0 Å². The van der Waals surface area contributed by atoms with Gasteiger partial charge in [0, 0.05) is 12.3 Å². The molecule has 0 radical (unpaired) electrons. The number of methoxy groups -OCH3 is 1. The van der Waals surface area contributed by atoms with Crippen LogP contribution in [0.4, 0.5) is 10.1 Å². The third kappa shape index (κ3) is 5.49. The standard InChI is InChI=1S/C20H22FNO5S.H2S/c1-13-9-15(3-5-18(13)21)22-20(23)17-10-16(4-6-19(17)26-2)28(24,25)12-14-7-8-27-11-14;/h3-6,9-10,14H,7-8,11-12H2,1-2H3,(H,22,23);1H2/t14-;/m0./s1/i2D3;. The summed E-state index contributed by atoms with van der Waals surface area (Å²) >= 11 is 0. The predicted octanol–water partition coefficient (Wildman–Crippen LogP) is 3.32. The molecule has 158 valence electrons. The van der Waals surface area contributed by atoms with Gasteiger partial charge in [-0.3, -0.25) is 4.79 Å².